The van der Waals surface area contributed by atoms with Crippen molar-refractivity contribution in [1.82, 2.24) is 10.3 Å². The molecule has 2 rings (SSSR count). The number of aliphatic hydroxyl groups excluding tert-OH is 1. The van der Waals surface area contributed by atoms with Crippen LogP contribution < -0.4 is 5.32 Å². The van der Waals surface area contributed by atoms with Gasteiger partial charge in [-0.2, -0.15) is 11.3 Å². The summed E-state index contributed by atoms with van der Waals surface area (Å²) in [5.41, 5.74) is 1.47. The predicted octanol–water partition coefficient (Wildman–Crippen LogP) is 2.72. The van der Waals surface area contributed by atoms with Crippen molar-refractivity contribution >= 4 is 29.0 Å². The Balaban J connectivity index is 1.86. The zero-order valence-corrected chi connectivity index (χ0v) is 12.7. The molecule has 0 fully saturated rings. The highest BCUT2D eigenvalue weighted by atomic mass is 32.2. The van der Waals surface area contributed by atoms with Gasteiger partial charge >= 0.3 is 0 Å². The summed E-state index contributed by atoms with van der Waals surface area (Å²) in [6.45, 7) is 0.429. The van der Waals surface area contributed by atoms with Crippen molar-refractivity contribution in [2.75, 3.05) is 12.8 Å². The number of nitrogens with one attached hydrogen (secondary N) is 1. The van der Waals surface area contributed by atoms with Crippen molar-refractivity contribution in [2.24, 2.45) is 0 Å². The lowest BCUT2D eigenvalue weighted by atomic mass is 10.1. The molecular weight excluding hydrogens is 292 g/mol. The van der Waals surface area contributed by atoms with Crippen LogP contribution in [0.1, 0.15) is 28.4 Å². The van der Waals surface area contributed by atoms with Crippen molar-refractivity contribution in [3.05, 3.63) is 46.3 Å². The lowest BCUT2D eigenvalue weighted by Crippen LogP contribution is -2.26. The first-order valence-corrected chi connectivity index (χ1v) is 8.36. The highest BCUT2D eigenvalue weighted by Crippen LogP contribution is 2.19. The fourth-order valence-electron chi connectivity index (χ4n) is 1.78. The summed E-state index contributed by atoms with van der Waals surface area (Å²) in [6, 6.07) is 5.39. The molecule has 0 saturated carbocycles. The van der Waals surface area contributed by atoms with E-state index in [1.54, 1.807) is 29.7 Å². The van der Waals surface area contributed by atoms with Crippen LogP contribution in [-0.4, -0.2) is 28.8 Å². The number of aliphatic hydroxyl groups is 1. The Labute approximate surface area is 126 Å². The van der Waals surface area contributed by atoms with Gasteiger partial charge in [0.05, 0.1) is 11.7 Å². The second-order valence-electron chi connectivity index (χ2n) is 4.18. The summed E-state index contributed by atoms with van der Waals surface area (Å²) >= 11 is 2.99. The molecule has 20 heavy (non-hydrogen) atoms. The van der Waals surface area contributed by atoms with Crippen molar-refractivity contribution in [3.63, 3.8) is 0 Å². The molecule has 0 aliphatic heterocycles. The first-order valence-electron chi connectivity index (χ1n) is 6.19. The standard InChI is InChI=1S/C14H16N2O2S2/c1-19-14-11(3-2-6-16-14)13(18)15-7-4-12(17)10-5-8-20-9-10/h2-3,5-6,8-9,12,17H,4,7H2,1H3,(H,15,18). The molecule has 2 N–H and O–H groups in total. The number of pyridine rings is 1. The summed E-state index contributed by atoms with van der Waals surface area (Å²) in [5.74, 6) is -0.153. The van der Waals surface area contributed by atoms with E-state index in [-0.39, 0.29) is 5.91 Å². The lowest BCUT2D eigenvalue weighted by molar-refractivity contribution is 0.0939. The van der Waals surface area contributed by atoms with Gasteiger partial charge in [0.25, 0.3) is 5.91 Å². The van der Waals surface area contributed by atoms with E-state index in [0.29, 0.717) is 23.6 Å². The third-order valence-electron chi connectivity index (χ3n) is 2.84. The largest absolute Gasteiger partial charge is 0.388 e. The Morgan fingerprint density at radius 3 is 3.10 bits per heavy atom. The number of thiophene rings is 1. The molecule has 6 heteroatoms. The molecule has 0 radical (unpaired) electrons. The first kappa shape index (κ1) is 15.0. The molecule has 2 aromatic heterocycles. The number of nitrogens with zero attached hydrogens (tertiary/aromatic N) is 1. The minimum Gasteiger partial charge on any atom is -0.388 e. The van der Waals surface area contributed by atoms with Crippen LogP contribution in [0.4, 0.5) is 0 Å². The Morgan fingerprint density at radius 2 is 2.40 bits per heavy atom. The summed E-state index contributed by atoms with van der Waals surface area (Å²) in [5, 5.41) is 17.3. The van der Waals surface area contributed by atoms with Crippen LogP contribution in [0.15, 0.2) is 40.2 Å². The molecule has 1 amide bonds. The van der Waals surface area contributed by atoms with Gasteiger partial charge < -0.3 is 10.4 Å². The van der Waals surface area contributed by atoms with Crippen molar-refractivity contribution in [1.29, 1.82) is 0 Å². The van der Waals surface area contributed by atoms with Crippen LogP contribution in [-0.2, 0) is 0 Å². The highest BCUT2D eigenvalue weighted by Gasteiger charge is 2.12. The van der Waals surface area contributed by atoms with E-state index in [0.717, 1.165) is 5.56 Å². The minimum atomic E-state index is -0.532. The molecule has 4 nitrogen and oxygen atoms in total. The zero-order chi connectivity index (χ0) is 14.4. The average Bonchev–Trinajstić information content (AvgIpc) is 3.01. The van der Waals surface area contributed by atoms with Gasteiger partial charge in [0, 0.05) is 12.7 Å². The van der Waals surface area contributed by atoms with Gasteiger partial charge in [-0.1, -0.05) is 0 Å². The lowest BCUT2D eigenvalue weighted by Gasteiger charge is -2.11. The molecule has 0 spiro atoms. The molecule has 1 atom stereocenters. The number of thioether (sulfide) groups is 1. The maximum absolute atomic E-state index is 12.0. The van der Waals surface area contributed by atoms with Gasteiger partial charge in [0.15, 0.2) is 0 Å². The van der Waals surface area contributed by atoms with E-state index in [1.807, 2.05) is 23.1 Å². The Morgan fingerprint density at radius 1 is 1.55 bits per heavy atom. The maximum atomic E-state index is 12.0. The summed E-state index contributed by atoms with van der Waals surface area (Å²) < 4.78 is 0. The third-order valence-corrected chi connectivity index (χ3v) is 4.25. The van der Waals surface area contributed by atoms with E-state index in [2.05, 4.69) is 10.3 Å². The number of hydrogen-bond acceptors (Lipinski definition) is 5. The number of rotatable bonds is 6. The minimum absolute atomic E-state index is 0.153. The number of aromatic nitrogens is 1. The van der Waals surface area contributed by atoms with E-state index in [4.69, 9.17) is 0 Å². The fourth-order valence-corrected chi connectivity index (χ4v) is 3.03. The Hall–Kier alpha value is -1.37. The van der Waals surface area contributed by atoms with Crippen LogP contribution in [0.3, 0.4) is 0 Å². The van der Waals surface area contributed by atoms with Gasteiger partial charge in [-0.3, -0.25) is 4.79 Å². The van der Waals surface area contributed by atoms with Gasteiger partial charge in [-0.25, -0.2) is 4.98 Å². The summed E-state index contributed by atoms with van der Waals surface area (Å²) in [7, 11) is 0. The number of carbonyl (C=O) groups is 1. The predicted molar refractivity (Wildman–Crippen MR) is 82.2 cm³/mol. The topological polar surface area (TPSA) is 62.2 Å². The maximum Gasteiger partial charge on any atom is 0.254 e. The van der Waals surface area contributed by atoms with Crippen LogP contribution in [0.2, 0.25) is 0 Å². The van der Waals surface area contributed by atoms with Crippen LogP contribution in [0, 0.1) is 0 Å². The van der Waals surface area contributed by atoms with Crippen LogP contribution in [0.5, 0.6) is 0 Å². The summed E-state index contributed by atoms with van der Waals surface area (Å²) in [6.07, 6.45) is 3.52. The smallest absolute Gasteiger partial charge is 0.254 e. The molecule has 2 heterocycles. The molecule has 0 aliphatic rings. The molecule has 1 unspecified atom stereocenters. The van der Waals surface area contributed by atoms with E-state index in [9.17, 15) is 9.90 Å². The van der Waals surface area contributed by atoms with Crippen molar-refractivity contribution in [3.8, 4) is 0 Å². The molecule has 0 aliphatic carbocycles. The molecule has 0 saturated heterocycles. The molecular formula is C14H16N2O2S2. The SMILES string of the molecule is CSc1ncccc1C(=O)NCCC(O)c1ccsc1. The monoisotopic (exact) mass is 308 g/mol. The van der Waals surface area contributed by atoms with Crippen molar-refractivity contribution in [2.45, 2.75) is 17.6 Å². The second kappa shape index (κ2) is 7.42. The third kappa shape index (κ3) is 3.82. The Kier molecular flexibility index (Phi) is 5.58. The average molecular weight is 308 g/mol. The van der Waals surface area contributed by atoms with Gasteiger partial charge in [-0.05, 0) is 47.2 Å². The van der Waals surface area contributed by atoms with Gasteiger partial charge in [-0.15, -0.1) is 11.8 Å². The number of hydrogen-bond donors (Lipinski definition) is 2. The molecule has 106 valence electrons. The molecule has 0 bridgehead atoms. The highest BCUT2D eigenvalue weighted by molar-refractivity contribution is 7.98. The van der Waals surface area contributed by atoms with E-state index < -0.39 is 6.10 Å². The quantitative estimate of drug-likeness (QED) is 0.806. The second-order valence-corrected chi connectivity index (χ2v) is 5.75. The Bertz CT molecular complexity index is 558. The molecule has 2 aromatic rings. The van der Waals surface area contributed by atoms with E-state index >= 15 is 0 Å². The first-order chi connectivity index (χ1) is 9.72. The van der Waals surface area contributed by atoms with Gasteiger partial charge in [0.2, 0.25) is 0 Å². The van der Waals surface area contributed by atoms with Crippen LogP contribution >= 0.6 is 23.1 Å². The number of amides is 1. The van der Waals surface area contributed by atoms with E-state index in [1.165, 1.54) is 11.8 Å². The fraction of sp³-hybridized carbons (Fsp3) is 0.286. The summed E-state index contributed by atoms with van der Waals surface area (Å²) in [4.78, 5) is 16.2. The normalized spacial score (nSPS) is 12.1. The van der Waals surface area contributed by atoms with Crippen molar-refractivity contribution < 1.29 is 9.90 Å². The van der Waals surface area contributed by atoms with Gasteiger partial charge in [0.1, 0.15) is 5.03 Å². The zero-order valence-electron chi connectivity index (χ0n) is 11.1. The molecule has 0 aromatic carbocycles. The number of carbonyl (C=O) groups excluding carboxylic acids is 1. The van der Waals surface area contributed by atoms with Crippen LogP contribution in [0.25, 0.3) is 0 Å².